The molecule has 2 amide bonds. The molecule has 0 spiro atoms. The van der Waals surface area contributed by atoms with Gasteiger partial charge in [0.1, 0.15) is 5.75 Å². The summed E-state index contributed by atoms with van der Waals surface area (Å²) in [5, 5.41) is 3.02. The largest absolute Gasteiger partial charge is 0.484 e. The number of piperazine rings is 1. The van der Waals surface area contributed by atoms with Crippen molar-refractivity contribution in [1.29, 1.82) is 0 Å². The number of hydrogen-bond donors (Lipinski definition) is 1. The molecule has 2 fully saturated rings. The molecule has 0 aliphatic carbocycles. The molecule has 2 saturated heterocycles. The zero-order valence-corrected chi connectivity index (χ0v) is 14.8. The highest BCUT2D eigenvalue weighted by Crippen LogP contribution is 2.31. The van der Waals surface area contributed by atoms with Crippen molar-refractivity contribution < 1.29 is 27.5 Å². The van der Waals surface area contributed by atoms with Gasteiger partial charge in [-0.3, -0.25) is 9.59 Å². The number of amides is 2. The van der Waals surface area contributed by atoms with Gasteiger partial charge in [0.05, 0.1) is 12.1 Å². The number of piperidine rings is 1. The van der Waals surface area contributed by atoms with Gasteiger partial charge in [0.15, 0.2) is 6.61 Å². The molecule has 0 aromatic heterocycles. The first-order chi connectivity index (χ1) is 12.8. The standard InChI is InChI=1S/C18H22F3N3O3/c19-18(20,21)13-3-1-5-15(9-13)27-12-17(26)23-7-2-4-14(11-23)24-8-6-22-10-16(24)25/h1,3,5,9,14,22H,2,4,6-8,10-12H2. The minimum Gasteiger partial charge on any atom is -0.484 e. The molecule has 2 aliphatic heterocycles. The smallest absolute Gasteiger partial charge is 0.416 e. The summed E-state index contributed by atoms with van der Waals surface area (Å²) in [6.07, 6.45) is -2.85. The molecule has 9 heteroatoms. The number of hydrogen-bond acceptors (Lipinski definition) is 4. The van der Waals surface area contributed by atoms with Crippen LogP contribution in [0.2, 0.25) is 0 Å². The molecule has 0 bridgehead atoms. The maximum atomic E-state index is 12.7. The van der Waals surface area contributed by atoms with Crippen molar-refractivity contribution in [3.63, 3.8) is 0 Å². The molecule has 1 aromatic rings. The van der Waals surface area contributed by atoms with E-state index in [4.69, 9.17) is 4.74 Å². The third kappa shape index (κ3) is 4.91. The predicted molar refractivity (Wildman–Crippen MR) is 91.1 cm³/mol. The second kappa shape index (κ2) is 8.16. The van der Waals surface area contributed by atoms with Crippen LogP contribution in [-0.4, -0.2) is 67.0 Å². The van der Waals surface area contributed by atoms with E-state index in [1.807, 2.05) is 4.90 Å². The zero-order chi connectivity index (χ0) is 19.4. The Morgan fingerprint density at radius 2 is 2.11 bits per heavy atom. The molecule has 27 heavy (non-hydrogen) atoms. The zero-order valence-electron chi connectivity index (χ0n) is 14.8. The Hall–Kier alpha value is -2.29. The lowest BCUT2D eigenvalue weighted by atomic mass is 10.0. The molecule has 148 valence electrons. The normalized spacial score (nSPS) is 21.3. The van der Waals surface area contributed by atoms with E-state index >= 15 is 0 Å². The van der Waals surface area contributed by atoms with Gasteiger partial charge in [-0.1, -0.05) is 6.07 Å². The maximum absolute atomic E-state index is 12.7. The van der Waals surface area contributed by atoms with E-state index in [0.29, 0.717) is 26.2 Å². The Morgan fingerprint density at radius 1 is 1.30 bits per heavy atom. The molecule has 3 rings (SSSR count). The van der Waals surface area contributed by atoms with Gasteiger partial charge >= 0.3 is 6.18 Å². The predicted octanol–water partition coefficient (Wildman–Crippen LogP) is 1.51. The van der Waals surface area contributed by atoms with E-state index < -0.39 is 11.7 Å². The van der Waals surface area contributed by atoms with Gasteiger partial charge in [0.2, 0.25) is 5.91 Å². The van der Waals surface area contributed by atoms with Crippen LogP contribution >= 0.6 is 0 Å². The number of rotatable bonds is 4. The van der Waals surface area contributed by atoms with Gasteiger partial charge < -0.3 is 19.9 Å². The van der Waals surface area contributed by atoms with Crippen LogP contribution in [-0.2, 0) is 15.8 Å². The first-order valence-electron chi connectivity index (χ1n) is 8.92. The Morgan fingerprint density at radius 3 is 2.85 bits per heavy atom. The molecule has 1 aromatic carbocycles. The summed E-state index contributed by atoms with van der Waals surface area (Å²) in [5.74, 6) is -0.260. The van der Waals surface area contributed by atoms with Crippen molar-refractivity contribution in [2.75, 3.05) is 39.3 Å². The number of carbonyl (C=O) groups is 2. The van der Waals surface area contributed by atoms with E-state index in [1.54, 1.807) is 4.90 Å². The lowest BCUT2D eigenvalue weighted by Gasteiger charge is -2.41. The number of likely N-dealkylation sites (tertiary alicyclic amines) is 1. The van der Waals surface area contributed by atoms with Crippen LogP contribution in [0, 0.1) is 0 Å². The van der Waals surface area contributed by atoms with E-state index in [2.05, 4.69) is 5.32 Å². The van der Waals surface area contributed by atoms with E-state index in [1.165, 1.54) is 12.1 Å². The lowest BCUT2D eigenvalue weighted by Crippen LogP contribution is -2.57. The number of nitrogens with zero attached hydrogens (tertiary/aromatic N) is 2. The number of alkyl halides is 3. The van der Waals surface area contributed by atoms with Gasteiger partial charge in [-0.2, -0.15) is 13.2 Å². The molecule has 2 heterocycles. The molecule has 0 saturated carbocycles. The Balaban J connectivity index is 1.55. The highest BCUT2D eigenvalue weighted by Gasteiger charge is 2.32. The van der Waals surface area contributed by atoms with E-state index in [-0.39, 0.29) is 30.2 Å². The Labute approximate surface area is 155 Å². The molecule has 1 N–H and O–H groups in total. The Bertz CT molecular complexity index is 696. The van der Waals surface area contributed by atoms with Gasteiger partial charge in [-0.25, -0.2) is 0 Å². The van der Waals surface area contributed by atoms with Crippen LogP contribution in [0.25, 0.3) is 0 Å². The third-order valence-corrected chi connectivity index (χ3v) is 4.84. The van der Waals surface area contributed by atoms with Gasteiger partial charge in [-0.05, 0) is 31.0 Å². The van der Waals surface area contributed by atoms with Crippen LogP contribution in [0.3, 0.4) is 0 Å². The number of nitrogens with one attached hydrogen (secondary N) is 1. The van der Waals surface area contributed by atoms with Crippen molar-refractivity contribution in [2.24, 2.45) is 0 Å². The van der Waals surface area contributed by atoms with Crippen LogP contribution in [0.5, 0.6) is 5.75 Å². The van der Waals surface area contributed by atoms with Crippen molar-refractivity contribution >= 4 is 11.8 Å². The molecule has 6 nitrogen and oxygen atoms in total. The fourth-order valence-electron chi connectivity index (χ4n) is 3.44. The lowest BCUT2D eigenvalue weighted by molar-refractivity contribution is -0.141. The molecular weight excluding hydrogens is 363 g/mol. The summed E-state index contributed by atoms with van der Waals surface area (Å²) in [4.78, 5) is 27.9. The van der Waals surface area contributed by atoms with Gasteiger partial charge in [-0.15, -0.1) is 0 Å². The van der Waals surface area contributed by atoms with E-state index in [0.717, 1.165) is 31.5 Å². The summed E-state index contributed by atoms with van der Waals surface area (Å²) in [6.45, 7) is 2.31. The molecule has 1 unspecified atom stereocenters. The first-order valence-corrected chi connectivity index (χ1v) is 8.92. The van der Waals surface area contributed by atoms with Crippen molar-refractivity contribution in [3.8, 4) is 5.75 Å². The summed E-state index contributed by atoms with van der Waals surface area (Å²) < 4.78 is 43.5. The average molecular weight is 385 g/mol. The fourth-order valence-corrected chi connectivity index (χ4v) is 3.44. The third-order valence-electron chi connectivity index (χ3n) is 4.84. The number of ether oxygens (including phenoxy) is 1. The maximum Gasteiger partial charge on any atom is 0.416 e. The Kier molecular flexibility index (Phi) is 5.88. The number of benzene rings is 1. The minimum absolute atomic E-state index is 0.00372. The average Bonchev–Trinajstić information content (AvgIpc) is 2.66. The molecule has 2 aliphatic rings. The molecular formula is C18H22F3N3O3. The number of carbonyl (C=O) groups excluding carboxylic acids is 2. The SMILES string of the molecule is O=C(COc1cccc(C(F)(F)F)c1)N1CCCC(N2CCNCC2=O)C1. The van der Waals surface area contributed by atoms with Crippen LogP contribution in [0.4, 0.5) is 13.2 Å². The molecule has 1 atom stereocenters. The van der Waals surface area contributed by atoms with Crippen LogP contribution in [0.1, 0.15) is 18.4 Å². The second-order valence-electron chi connectivity index (χ2n) is 6.71. The summed E-state index contributed by atoms with van der Waals surface area (Å²) >= 11 is 0. The van der Waals surface area contributed by atoms with E-state index in [9.17, 15) is 22.8 Å². The van der Waals surface area contributed by atoms with Crippen molar-refractivity contribution in [2.45, 2.75) is 25.1 Å². The van der Waals surface area contributed by atoms with Crippen molar-refractivity contribution in [3.05, 3.63) is 29.8 Å². The highest BCUT2D eigenvalue weighted by molar-refractivity contribution is 5.80. The van der Waals surface area contributed by atoms with Crippen LogP contribution in [0.15, 0.2) is 24.3 Å². The number of halogens is 3. The monoisotopic (exact) mass is 385 g/mol. The highest BCUT2D eigenvalue weighted by atomic mass is 19.4. The fraction of sp³-hybridized carbons (Fsp3) is 0.556. The quantitative estimate of drug-likeness (QED) is 0.854. The topological polar surface area (TPSA) is 61.9 Å². The van der Waals surface area contributed by atoms with Gasteiger partial charge in [0, 0.05) is 32.2 Å². The minimum atomic E-state index is -4.46. The van der Waals surface area contributed by atoms with Crippen molar-refractivity contribution in [1.82, 2.24) is 15.1 Å². The summed E-state index contributed by atoms with van der Waals surface area (Å²) in [7, 11) is 0. The van der Waals surface area contributed by atoms with Crippen LogP contribution < -0.4 is 10.1 Å². The second-order valence-corrected chi connectivity index (χ2v) is 6.71. The first kappa shape index (κ1) is 19.5. The summed E-state index contributed by atoms with van der Waals surface area (Å²) in [5.41, 5.74) is -0.817. The van der Waals surface area contributed by atoms with Gasteiger partial charge in [0.25, 0.3) is 5.91 Å². The summed E-state index contributed by atoms with van der Waals surface area (Å²) in [6, 6.07) is 4.45. The molecule has 0 radical (unpaired) electrons.